The third-order valence-corrected chi connectivity index (χ3v) is 3.90. The fourth-order valence-electron chi connectivity index (χ4n) is 2.79. The van der Waals surface area contributed by atoms with E-state index in [1.165, 1.54) is 5.56 Å². The molecule has 5 heteroatoms. The number of fused-ring (bicyclic) bond motifs is 1. The number of aromatic nitrogens is 3. The summed E-state index contributed by atoms with van der Waals surface area (Å²) < 4.78 is 2.12. The first-order valence-electron chi connectivity index (χ1n) is 6.93. The number of nitrogens with zero attached hydrogens (tertiary/aromatic N) is 4. The second kappa shape index (κ2) is 5.27. The van der Waals surface area contributed by atoms with E-state index in [0.717, 1.165) is 43.5 Å². The molecule has 0 aliphatic carbocycles. The van der Waals surface area contributed by atoms with Crippen molar-refractivity contribution >= 4 is 11.0 Å². The second-order valence-electron chi connectivity index (χ2n) is 5.41. The molecule has 5 nitrogen and oxygen atoms in total. The first-order valence-corrected chi connectivity index (χ1v) is 6.93. The largest absolute Gasteiger partial charge is 0.316 e. The average molecular weight is 259 g/mol. The highest BCUT2D eigenvalue weighted by Gasteiger charge is 2.20. The number of pyridine rings is 1. The van der Waals surface area contributed by atoms with Gasteiger partial charge < -0.3 is 10.2 Å². The van der Waals surface area contributed by atoms with Gasteiger partial charge in [0.1, 0.15) is 0 Å². The molecule has 0 spiro atoms. The van der Waals surface area contributed by atoms with Crippen molar-refractivity contribution in [2.45, 2.75) is 25.4 Å². The molecule has 102 valence electrons. The molecule has 2 aromatic heterocycles. The Hall–Kier alpha value is -1.46. The molecule has 3 heterocycles. The van der Waals surface area contributed by atoms with Crippen LogP contribution in [0.5, 0.6) is 0 Å². The number of rotatable bonds is 3. The molecule has 1 saturated heterocycles. The Morgan fingerprint density at radius 3 is 2.84 bits per heavy atom. The van der Waals surface area contributed by atoms with E-state index in [4.69, 9.17) is 0 Å². The molecular formula is C14H21N5. The summed E-state index contributed by atoms with van der Waals surface area (Å²) in [7, 11) is 4.13. The highest BCUT2D eigenvalue weighted by molar-refractivity contribution is 5.75. The van der Waals surface area contributed by atoms with Crippen LogP contribution in [-0.4, -0.2) is 46.8 Å². The monoisotopic (exact) mass is 259 g/mol. The van der Waals surface area contributed by atoms with Crippen LogP contribution in [0.4, 0.5) is 0 Å². The second-order valence-corrected chi connectivity index (χ2v) is 5.41. The lowest BCUT2D eigenvalue weighted by Crippen LogP contribution is -2.31. The fraction of sp³-hybridized carbons (Fsp3) is 0.571. The van der Waals surface area contributed by atoms with Crippen LogP contribution < -0.4 is 5.32 Å². The Bertz CT molecular complexity index is 554. The van der Waals surface area contributed by atoms with Gasteiger partial charge in [-0.3, -0.25) is 0 Å². The van der Waals surface area contributed by atoms with Gasteiger partial charge in [-0.1, -0.05) is 0 Å². The van der Waals surface area contributed by atoms with E-state index in [1.54, 1.807) is 0 Å². The summed E-state index contributed by atoms with van der Waals surface area (Å²) in [5.41, 5.74) is 2.23. The van der Waals surface area contributed by atoms with Crippen LogP contribution in [0.3, 0.4) is 0 Å². The van der Waals surface area contributed by atoms with Crippen LogP contribution in [0, 0.1) is 0 Å². The molecule has 0 unspecified atom stereocenters. The van der Waals surface area contributed by atoms with Gasteiger partial charge in [0.15, 0.2) is 5.65 Å². The molecule has 0 aromatic carbocycles. The molecule has 1 N–H and O–H groups in total. The van der Waals surface area contributed by atoms with Gasteiger partial charge in [-0.05, 0) is 51.7 Å². The Labute approximate surface area is 113 Å². The molecule has 0 radical (unpaired) electrons. The molecule has 19 heavy (non-hydrogen) atoms. The van der Waals surface area contributed by atoms with Crippen LogP contribution in [0.1, 0.15) is 24.4 Å². The first kappa shape index (κ1) is 12.6. The van der Waals surface area contributed by atoms with E-state index >= 15 is 0 Å². The molecule has 3 rings (SSSR count). The number of piperidine rings is 1. The predicted octanol–water partition coefficient (Wildman–Crippen LogP) is 1.42. The molecule has 0 amide bonds. The van der Waals surface area contributed by atoms with Gasteiger partial charge in [0, 0.05) is 18.1 Å². The molecule has 1 fully saturated rings. The van der Waals surface area contributed by atoms with Crippen molar-refractivity contribution in [3.05, 3.63) is 24.0 Å². The molecule has 0 atom stereocenters. The number of likely N-dealkylation sites (tertiary alicyclic amines) is 1. The first-order chi connectivity index (χ1) is 9.28. The quantitative estimate of drug-likeness (QED) is 0.905. The van der Waals surface area contributed by atoms with Crippen molar-refractivity contribution in [3.8, 4) is 0 Å². The zero-order valence-corrected chi connectivity index (χ0v) is 11.6. The smallest absolute Gasteiger partial charge is 0.157 e. The van der Waals surface area contributed by atoms with E-state index in [2.05, 4.69) is 38.1 Å². The Kier molecular flexibility index (Phi) is 3.48. The van der Waals surface area contributed by atoms with Crippen molar-refractivity contribution in [1.29, 1.82) is 0 Å². The van der Waals surface area contributed by atoms with Crippen LogP contribution in [0.15, 0.2) is 18.5 Å². The SMILES string of the molecule is CNCc1cnc2c(cnn2C2CCN(C)CC2)c1. The number of hydrogen-bond donors (Lipinski definition) is 1. The third-order valence-electron chi connectivity index (χ3n) is 3.90. The van der Waals surface area contributed by atoms with E-state index in [-0.39, 0.29) is 0 Å². The lowest BCUT2D eigenvalue weighted by Gasteiger charge is -2.29. The molecule has 0 saturated carbocycles. The summed E-state index contributed by atoms with van der Waals surface area (Å²) in [6.07, 6.45) is 6.21. The van der Waals surface area contributed by atoms with Crippen molar-refractivity contribution < 1.29 is 0 Å². The maximum absolute atomic E-state index is 4.60. The molecule has 1 aliphatic heterocycles. The van der Waals surface area contributed by atoms with Crippen molar-refractivity contribution in [2.75, 3.05) is 27.2 Å². The van der Waals surface area contributed by atoms with E-state index < -0.39 is 0 Å². The lowest BCUT2D eigenvalue weighted by molar-refractivity contribution is 0.215. The maximum atomic E-state index is 4.60. The Balaban J connectivity index is 1.88. The van der Waals surface area contributed by atoms with Gasteiger partial charge >= 0.3 is 0 Å². The average Bonchev–Trinajstić information content (AvgIpc) is 2.83. The van der Waals surface area contributed by atoms with Crippen LogP contribution in [0.25, 0.3) is 11.0 Å². The zero-order valence-electron chi connectivity index (χ0n) is 11.6. The minimum atomic E-state index is 0.497. The summed E-state index contributed by atoms with van der Waals surface area (Å²) in [4.78, 5) is 6.98. The minimum Gasteiger partial charge on any atom is -0.316 e. The van der Waals surface area contributed by atoms with Gasteiger partial charge in [0.05, 0.1) is 12.2 Å². The highest BCUT2D eigenvalue weighted by atomic mass is 15.3. The third kappa shape index (κ3) is 2.48. The van der Waals surface area contributed by atoms with Crippen molar-refractivity contribution in [2.24, 2.45) is 0 Å². The van der Waals surface area contributed by atoms with Crippen molar-refractivity contribution in [1.82, 2.24) is 25.0 Å². The highest BCUT2D eigenvalue weighted by Crippen LogP contribution is 2.24. The molecule has 0 bridgehead atoms. The fourth-order valence-corrected chi connectivity index (χ4v) is 2.79. The van der Waals surface area contributed by atoms with Crippen LogP contribution in [0.2, 0.25) is 0 Å². The summed E-state index contributed by atoms with van der Waals surface area (Å²) >= 11 is 0. The van der Waals surface area contributed by atoms with Gasteiger partial charge in [0.25, 0.3) is 0 Å². The van der Waals surface area contributed by atoms with Gasteiger partial charge in [0.2, 0.25) is 0 Å². The summed E-state index contributed by atoms with van der Waals surface area (Å²) in [6, 6.07) is 2.67. The molecular weight excluding hydrogens is 238 g/mol. The van der Waals surface area contributed by atoms with E-state index in [1.807, 2.05) is 19.4 Å². The number of hydrogen-bond acceptors (Lipinski definition) is 4. The summed E-state index contributed by atoms with van der Waals surface area (Å²) in [5.74, 6) is 0. The standard InChI is InChI=1S/C14H21N5/c1-15-8-11-7-12-10-17-19(14(12)16-9-11)13-3-5-18(2)6-4-13/h7,9-10,13,15H,3-6,8H2,1-2H3. The lowest BCUT2D eigenvalue weighted by atomic mass is 10.1. The van der Waals surface area contributed by atoms with Gasteiger partial charge in [-0.2, -0.15) is 5.10 Å². The summed E-state index contributed by atoms with van der Waals surface area (Å²) in [6.45, 7) is 3.13. The number of nitrogens with one attached hydrogen (secondary N) is 1. The van der Waals surface area contributed by atoms with Gasteiger partial charge in [-0.15, -0.1) is 0 Å². The summed E-state index contributed by atoms with van der Waals surface area (Å²) in [5, 5.41) is 8.86. The van der Waals surface area contributed by atoms with E-state index in [9.17, 15) is 0 Å². The predicted molar refractivity (Wildman–Crippen MR) is 76.1 cm³/mol. The Morgan fingerprint density at radius 1 is 1.32 bits per heavy atom. The van der Waals surface area contributed by atoms with Gasteiger partial charge in [-0.25, -0.2) is 9.67 Å². The topological polar surface area (TPSA) is 46.0 Å². The Morgan fingerprint density at radius 2 is 2.11 bits per heavy atom. The normalized spacial score (nSPS) is 18.2. The van der Waals surface area contributed by atoms with Crippen LogP contribution in [-0.2, 0) is 6.54 Å². The maximum Gasteiger partial charge on any atom is 0.157 e. The molecule has 2 aromatic rings. The zero-order chi connectivity index (χ0) is 13.2. The minimum absolute atomic E-state index is 0.497. The molecule has 1 aliphatic rings. The van der Waals surface area contributed by atoms with E-state index in [0.29, 0.717) is 6.04 Å². The van der Waals surface area contributed by atoms with Crippen molar-refractivity contribution in [3.63, 3.8) is 0 Å². The van der Waals surface area contributed by atoms with Crippen LogP contribution >= 0.6 is 0 Å².